The molecule has 2 heterocycles. The third kappa shape index (κ3) is 4.46. The largest absolute Gasteiger partial charge is 0.479 e. The lowest BCUT2D eigenvalue weighted by molar-refractivity contribution is -0.123. The van der Waals surface area contributed by atoms with Crippen molar-refractivity contribution in [2.24, 2.45) is 5.92 Å². The van der Waals surface area contributed by atoms with Crippen molar-refractivity contribution in [1.29, 1.82) is 0 Å². The molecule has 0 unspecified atom stereocenters. The van der Waals surface area contributed by atoms with E-state index >= 15 is 0 Å². The first-order valence-corrected chi connectivity index (χ1v) is 12.2. The molecule has 2 amide bonds. The minimum absolute atomic E-state index is 0.0392. The molecule has 0 radical (unpaired) electrons. The normalized spacial score (nSPS) is 21.3. The highest BCUT2D eigenvalue weighted by Gasteiger charge is 2.34. The molecule has 170 valence electrons. The predicted octanol–water partition coefficient (Wildman–Crippen LogP) is 3.41. The number of carbonyl (C=O) groups excluding carboxylic acids is 2. The average molecular weight is 478 g/mol. The number of hydrogen-bond donors (Lipinski definition) is 2. The van der Waals surface area contributed by atoms with Crippen LogP contribution in [-0.2, 0) is 19.6 Å². The van der Waals surface area contributed by atoms with Crippen LogP contribution in [0.5, 0.6) is 5.75 Å². The van der Waals surface area contributed by atoms with E-state index in [9.17, 15) is 18.0 Å². The number of halogens is 1. The molecule has 0 saturated carbocycles. The zero-order chi connectivity index (χ0) is 23.0. The van der Waals surface area contributed by atoms with Crippen LogP contribution in [0, 0.1) is 12.8 Å². The number of piperidine rings is 1. The number of benzene rings is 2. The van der Waals surface area contributed by atoms with Crippen molar-refractivity contribution in [1.82, 2.24) is 4.31 Å². The van der Waals surface area contributed by atoms with Gasteiger partial charge in [-0.15, -0.1) is 0 Å². The van der Waals surface area contributed by atoms with Crippen molar-refractivity contribution in [3.8, 4) is 5.75 Å². The van der Waals surface area contributed by atoms with E-state index in [4.69, 9.17) is 16.3 Å². The first-order chi connectivity index (χ1) is 15.1. The molecule has 1 fully saturated rings. The van der Waals surface area contributed by atoms with Crippen molar-refractivity contribution < 1.29 is 22.7 Å². The monoisotopic (exact) mass is 477 g/mol. The Morgan fingerprint density at radius 2 is 2.03 bits per heavy atom. The van der Waals surface area contributed by atoms with Crippen LogP contribution in [0.15, 0.2) is 41.3 Å². The molecular formula is C22H24ClN3O5S. The van der Waals surface area contributed by atoms with Crippen molar-refractivity contribution >= 4 is 44.8 Å². The summed E-state index contributed by atoms with van der Waals surface area (Å²) in [4.78, 5) is 24.7. The molecular weight excluding hydrogens is 454 g/mol. The first-order valence-electron chi connectivity index (χ1n) is 10.3. The first kappa shape index (κ1) is 22.6. The van der Waals surface area contributed by atoms with E-state index in [1.165, 1.54) is 22.5 Å². The molecule has 0 bridgehead atoms. The second-order valence-corrected chi connectivity index (χ2v) is 10.4. The highest BCUT2D eigenvalue weighted by atomic mass is 35.5. The Hall–Kier alpha value is -2.62. The van der Waals surface area contributed by atoms with E-state index < -0.39 is 22.0 Å². The lowest BCUT2D eigenvalue weighted by atomic mass is 9.98. The zero-order valence-electron chi connectivity index (χ0n) is 17.7. The summed E-state index contributed by atoms with van der Waals surface area (Å²) in [6, 6.07) is 9.72. The Kier molecular flexibility index (Phi) is 6.15. The van der Waals surface area contributed by atoms with Gasteiger partial charge in [-0.1, -0.05) is 17.7 Å². The average Bonchev–Trinajstić information content (AvgIpc) is 2.76. The molecule has 8 nitrogen and oxygen atoms in total. The summed E-state index contributed by atoms with van der Waals surface area (Å²) >= 11 is 6.21. The van der Waals surface area contributed by atoms with Gasteiger partial charge in [0.25, 0.3) is 5.91 Å². The van der Waals surface area contributed by atoms with Crippen molar-refractivity contribution in [2.45, 2.75) is 37.7 Å². The van der Waals surface area contributed by atoms with Gasteiger partial charge in [0.05, 0.1) is 27.2 Å². The maximum Gasteiger partial charge on any atom is 0.265 e. The summed E-state index contributed by atoms with van der Waals surface area (Å²) < 4.78 is 33.3. The molecule has 0 aliphatic carbocycles. The van der Waals surface area contributed by atoms with Crippen LogP contribution in [0.2, 0.25) is 5.02 Å². The fourth-order valence-corrected chi connectivity index (χ4v) is 5.66. The van der Waals surface area contributed by atoms with Crippen LogP contribution < -0.4 is 15.4 Å². The van der Waals surface area contributed by atoms with E-state index in [0.29, 0.717) is 41.5 Å². The van der Waals surface area contributed by atoms with Crippen molar-refractivity contribution in [3.63, 3.8) is 0 Å². The Labute approximate surface area is 191 Å². The second-order valence-electron chi connectivity index (χ2n) is 8.08. The Balaban J connectivity index is 1.50. The molecule has 0 aromatic heterocycles. The summed E-state index contributed by atoms with van der Waals surface area (Å²) in [6.45, 7) is 3.90. The fraction of sp³-hybridized carbons (Fsp3) is 0.364. The molecule has 0 spiro atoms. The third-order valence-corrected chi connectivity index (χ3v) is 7.83. The summed E-state index contributed by atoms with van der Waals surface area (Å²) in [5.74, 6) is -0.688. The molecule has 2 aliphatic heterocycles. The van der Waals surface area contributed by atoms with E-state index in [1.54, 1.807) is 19.1 Å². The van der Waals surface area contributed by atoms with E-state index in [1.807, 2.05) is 13.0 Å². The van der Waals surface area contributed by atoms with Crippen molar-refractivity contribution in [3.05, 3.63) is 47.0 Å². The summed E-state index contributed by atoms with van der Waals surface area (Å²) in [6.07, 6.45) is 0.488. The molecule has 32 heavy (non-hydrogen) atoms. The minimum Gasteiger partial charge on any atom is -0.479 e. The Morgan fingerprint density at radius 1 is 1.25 bits per heavy atom. The number of fused-ring (bicyclic) bond motifs is 1. The van der Waals surface area contributed by atoms with Crippen LogP contribution in [0.3, 0.4) is 0 Å². The lowest BCUT2D eigenvalue weighted by Crippen LogP contribution is -2.43. The molecule has 1 saturated heterocycles. The number of nitrogens with zero attached hydrogens (tertiary/aromatic N) is 1. The third-order valence-electron chi connectivity index (χ3n) is 5.66. The molecule has 4 rings (SSSR count). The number of carbonyl (C=O) groups is 2. The highest BCUT2D eigenvalue weighted by molar-refractivity contribution is 7.89. The molecule has 2 atom stereocenters. The van der Waals surface area contributed by atoms with Gasteiger partial charge in [-0.2, -0.15) is 4.31 Å². The van der Waals surface area contributed by atoms with Gasteiger partial charge in [-0.3, -0.25) is 9.59 Å². The van der Waals surface area contributed by atoms with Crippen LogP contribution in [0.4, 0.5) is 11.4 Å². The van der Waals surface area contributed by atoms with Gasteiger partial charge in [-0.25, -0.2) is 8.42 Å². The van der Waals surface area contributed by atoms with Gasteiger partial charge in [0.1, 0.15) is 5.75 Å². The Bertz CT molecular complexity index is 1180. The van der Waals surface area contributed by atoms with E-state index in [-0.39, 0.29) is 23.3 Å². The van der Waals surface area contributed by atoms with Gasteiger partial charge in [0.15, 0.2) is 6.10 Å². The standard InChI is InChI=1S/C22H24ClN3O5S/c1-13-5-7-18(17(23)10-13)24-22(28)15-4-3-9-26(12-15)32(29,30)16-6-8-20-19(11-16)25-21(27)14(2)31-20/h5-8,10-11,14-15H,3-4,9,12H2,1-2H3,(H,24,28)(H,25,27)/t14-,15-/m1/s1. The SMILES string of the molecule is Cc1ccc(NC(=O)[C@@H]2CCCN(S(=O)(=O)c3ccc4c(c3)NC(=O)[C@@H](C)O4)C2)c(Cl)c1. The smallest absolute Gasteiger partial charge is 0.265 e. The number of amides is 2. The maximum absolute atomic E-state index is 13.3. The summed E-state index contributed by atoms with van der Waals surface area (Å²) in [5.41, 5.74) is 1.79. The van der Waals surface area contributed by atoms with Crippen LogP contribution in [0.25, 0.3) is 0 Å². The number of ether oxygens (including phenoxy) is 1. The van der Waals surface area contributed by atoms with Crippen LogP contribution in [0.1, 0.15) is 25.3 Å². The molecule has 2 N–H and O–H groups in total. The number of anilines is 2. The molecule has 2 aromatic carbocycles. The number of rotatable bonds is 4. The Morgan fingerprint density at radius 3 is 2.78 bits per heavy atom. The summed E-state index contributed by atoms with van der Waals surface area (Å²) in [7, 11) is -3.86. The molecule has 2 aromatic rings. The number of aryl methyl sites for hydroxylation is 1. The molecule has 10 heteroatoms. The number of sulfonamides is 1. The van der Waals surface area contributed by atoms with Gasteiger partial charge in [0, 0.05) is 13.1 Å². The van der Waals surface area contributed by atoms with Gasteiger partial charge in [0.2, 0.25) is 15.9 Å². The maximum atomic E-state index is 13.3. The van der Waals surface area contributed by atoms with E-state index in [2.05, 4.69) is 10.6 Å². The summed E-state index contributed by atoms with van der Waals surface area (Å²) in [5, 5.41) is 5.91. The zero-order valence-corrected chi connectivity index (χ0v) is 19.3. The number of nitrogens with one attached hydrogen (secondary N) is 2. The van der Waals surface area contributed by atoms with Gasteiger partial charge in [-0.05, 0) is 62.6 Å². The topological polar surface area (TPSA) is 105 Å². The van der Waals surface area contributed by atoms with E-state index in [0.717, 1.165) is 5.56 Å². The highest BCUT2D eigenvalue weighted by Crippen LogP contribution is 2.34. The predicted molar refractivity (Wildman–Crippen MR) is 121 cm³/mol. The fourth-order valence-electron chi connectivity index (χ4n) is 3.83. The lowest BCUT2D eigenvalue weighted by Gasteiger charge is -2.31. The quantitative estimate of drug-likeness (QED) is 0.702. The molecule has 2 aliphatic rings. The van der Waals surface area contributed by atoms with Crippen LogP contribution in [-0.4, -0.2) is 43.7 Å². The van der Waals surface area contributed by atoms with Gasteiger partial charge >= 0.3 is 0 Å². The van der Waals surface area contributed by atoms with Gasteiger partial charge < -0.3 is 15.4 Å². The van der Waals surface area contributed by atoms with Crippen LogP contribution >= 0.6 is 11.6 Å². The van der Waals surface area contributed by atoms with Crippen molar-refractivity contribution in [2.75, 3.05) is 23.7 Å². The second kappa shape index (κ2) is 8.73. The number of hydrogen-bond acceptors (Lipinski definition) is 5. The minimum atomic E-state index is -3.86.